The van der Waals surface area contributed by atoms with Crippen molar-refractivity contribution in [2.24, 2.45) is 51.8 Å². The normalized spacial score (nSPS) is 23.5. The van der Waals surface area contributed by atoms with Crippen molar-refractivity contribution in [1.29, 1.82) is 0 Å². The lowest BCUT2D eigenvalue weighted by Gasteiger charge is -2.32. The third-order valence-electron chi connectivity index (χ3n) is 31.4. The van der Waals surface area contributed by atoms with Crippen LogP contribution in [0.5, 0.6) is 34.5 Å². The van der Waals surface area contributed by atoms with E-state index >= 15 is 0 Å². The van der Waals surface area contributed by atoms with Crippen molar-refractivity contribution in [3.05, 3.63) is 275 Å². The summed E-state index contributed by atoms with van der Waals surface area (Å²) in [4.78, 5) is 58.2. The van der Waals surface area contributed by atoms with E-state index in [9.17, 15) is 29.1 Å². The molecule has 2 N–H and O–H groups in total. The molecule has 4 bridgehead atoms. The van der Waals surface area contributed by atoms with Gasteiger partial charge < -0.3 is 67.1 Å². The van der Waals surface area contributed by atoms with E-state index in [0.717, 1.165) is 77.2 Å². The number of rotatable bonds is 30. The number of fused-ring (bicyclic) bond motifs is 8. The van der Waals surface area contributed by atoms with Crippen molar-refractivity contribution >= 4 is 51.4 Å². The van der Waals surface area contributed by atoms with E-state index in [-0.39, 0.29) is 67.0 Å². The number of phenolic OH excluding ortho intramolecular Hbond substituents is 2. The van der Waals surface area contributed by atoms with Crippen molar-refractivity contribution in [2.75, 3.05) is 13.2 Å². The van der Waals surface area contributed by atoms with Crippen molar-refractivity contribution in [1.82, 2.24) is 0 Å². The molecule has 143 heavy (non-hydrogen) atoms. The fourth-order valence-electron chi connectivity index (χ4n) is 20.1. The Balaban J connectivity index is 0.000000150. The molecule has 4 aliphatic heterocycles. The summed E-state index contributed by atoms with van der Waals surface area (Å²) in [5.41, 5.74) is 9.73. The molecule has 0 radical (unpaired) electrons. The maximum atomic E-state index is 12.3. The van der Waals surface area contributed by atoms with Gasteiger partial charge in [-0.05, 0) is 336 Å². The minimum absolute atomic E-state index is 0.118. The van der Waals surface area contributed by atoms with Gasteiger partial charge in [0.05, 0.1) is 53.5 Å². The van der Waals surface area contributed by atoms with Crippen molar-refractivity contribution < 1.29 is 91.0 Å². The molecule has 20 unspecified atom stereocenters. The maximum absolute atomic E-state index is 12.3. The topological polar surface area (TPSA) is 237 Å². The first-order chi connectivity index (χ1) is 68.4. The first kappa shape index (κ1) is 111. The Morgan fingerprint density at radius 1 is 0.462 bits per heavy atom. The highest BCUT2D eigenvalue weighted by Crippen LogP contribution is 2.60. The van der Waals surface area contributed by atoms with Gasteiger partial charge in [-0.2, -0.15) is 0 Å². The third kappa shape index (κ3) is 29.6. The molecule has 9 aliphatic rings. The van der Waals surface area contributed by atoms with Crippen LogP contribution in [-0.4, -0.2) is 109 Å². The van der Waals surface area contributed by atoms with Crippen molar-refractivity contribution in [3.63, 3.8) is 0 Å². The largest absolute Gasteiger partial charge is 0.508 e. The molecule has 0 spiro atoms. The van der Waals surface area contributed by atoms with Gasteiger partial charge in [-0.3, -0.25) is 24.0 Å². The highest BCUT2D eigenvalue weighted by Gasteiger charge is 2.65. The van der Waals surface area contributed by atoms with Crippen molar-refractivity contribution in [2.45, 2.75) is 339 Å². The average Bonchev–Trinajstić information content (AvgIpc) is 1.95. The molecule has 19 nitrogen and oxygen atoms in total. The molecule has 5 aliphatic carbocycles. The number of phenols is 2. The molecule has 20 atom stereocenters. The molecule has 10 aromatic carbocycles. The molecule has 0 aromatic heterocycles. The monoisotopic (exact) mass is 1950 g/mol. The Hall–Kier alpha value is -11.1. The third-order valence-corrected chi connectivity index (χ3v) is 31.4. The summed E-state index contributed by atoms with van der Waals surface area (Å²) in [7, 11) is 0. The van der Waals surface area contributed by atoms with Crippen LogP contribution >= 0.6 is 0 Å². The number of cyclic esters (lactones) is 1. The molecule has 0 amide bonds. The van der Waals surface area contributed by atoms with E-state index in [4.69, 9.17) is 61.9 Å². The minimum Gasteiger partial charge on any atom is -0.508 e. The van der Waals surface area contributed by atoms with Crippen LogP contribution in [0.2, 0.25) is 0 Å². The molecule has 770 valence electrons. The van der Waals surface area contributed by atoms with Gasteiger partial charge in [0.15, 0.2) is 18.8 Å². The highest BCUT2D eigenvalue weighted by atomic mass is 16.7. The number of carbonyl (C=O) groups excluding carboxylic acids is 5. The van der Waals surface area contributed by atoms with Crippen LogP contribution in [0.3, 0.4) is 0 Å². The van der Waals surface area contributed by atoms with Gasteiger partial charge in [0.1, 0.15) is 47.2 Å². The Bertz CT molecular complexity index is 5610. The second kappa shape index (κ2) is 51.6. The number of hydrogen-bond acceptors (Lipinski definition) is 19. The number of para-hydroxylation sites is 1. The summed E-state index contributed by atoms with van der Waals surface area (Å²) < 4.78 is 68.2. The highest BCUT2D eigenvalue weighted by molar-refractivity contribution is 5.92. The Kier molecular flexibility index (Phi) is 39.9. The van der Waals surface area contributed by atoms with E-state index in [0.29, 0.717) is 110 Å². The number of carbonyl (C=O) groups is 5. The molecular weight excluding hydrogens is 1790 g/mol. The second-order valence-corrected chi connectivity index (χ2v) is 42.8. The number of ether oxygens (including phenoxy) is 12. The van der Waals surface area contributed by atoms with Crippen LogP contribution < -0.4 is 18.9 Å². The molecule has 7 fully saturated rings. The molecule has 4 saturated heterocycles. The van der Waals surface area contributed by atoms with Crippen LogP contribution in [-0.2, 0) is 74.9 Å². The van der Waals surface area contributed by atoms with Crippen LogP contribution in [0.4, 0.5) is 0 Å². The van der Waals surface area contributed by atoms with Crippen LogP contribution in [0.25, 0.3) is 21.5 Å². The Labute approximate surface area is 851 Å². The number of aromatic hydroxyl groups is 2. The summed E-state index contributed by atoms with van der Waals surface area (Å²) in [6.07, 6.45) is 13.0. The SMILES string of the molecule is CC1Cc2ccccc2C1C.CC1c2cccc3cccc(c23)C1C.CCC(C)(C)C(=O)OC1C2CC3C(=O)OC1C3O2.CCC(C)(C)C(=O)OC1CCC(=O)O1.CCC(C)(C)C(=O)Oc1ccc(OC(COc2ccccc2)OCc2ccccc2)cc1.CCC(C)c1ccc(O)cc1.CCC(C)c1ccc(OC(COC2CC3CC2C2CCCC32)OC(C)C)cc1.CCC(C)c1ccc2cc(O)ccc2c1. The van der Waals surface area contributed by atoms with Crippen LogP contribution in [0.15, 0.2) is 231 Å². The number of benzene rings is 10. The predicted molar refractivity (Wildman–Crippen MR) is 566 cm³/mol. The predicted octanol–water partition coefficient (Wildman–Crippen LogP) is 28.9. The fourth-order valence-corrected chi connectivity index (χ4v) is 20.1. The summed E-state index contributed by atoms with van der Waals surface area (Å²) in [5.74, 6) is 10.3. The summed E-state index contributed by atoms with van der Waals surface area (Å²) in [5, 5.41) is 23.6. The van der Waals surface area contributed by atoms with E-state index in [1.54, 1.807) is 59.7 Å². The lowest BCUT2D eigenvalue weighted by atomic mass is 9.80. The molecular formula is C124H160O19. The van der Waals surface area contributed by atoms with E-state index in [1.807, 2.05) is 141 Å². The first-order valence-electron chi connectivity index (χ1n) is 52.9. The number of esters is 5. The zero-order chi connectivity index (χ0) is 103. The minimum atomic E-state index is -0.666. The first-order valence-corrected chi connectivity index (χ1v) is 52.9. The van der Waals surface area contributed by atoms with Gasteiger partial charge in [0.2, 0.25) is 18.9 Å². The van der Waals surface area contributed by atoms with Crippen LogP contribution in [0, 0.1) is 51.8 Å². The summed E-state index contributed by atoms with van der Waals surface area (Å²) >= 11 is 0. The zero-order valence-corrected chi connectivity index (χ0v) is 88.6. The fraction of sp³-hybridized carbons (Fsp3) is 0.508. The van der Waals surface area contributed by atoms with E-state index < -0.39 is 41.0 Å². The summed E-state index contributed by atoms with van der Waals surface area (Å²) in [6.45, 7) is 44.8. The molecule has 10 aromatic rings. The van der Waals surface area contributed by atoms with Gasteiger partial charge in [0, 0.05) is 6.42 Å². The lowest BCUT2D eigenvalue weighted by molar-refractivity contribution is -0.184. The van der Waals surface area contributed by atoms with Crippen molar-refractivity contribution in [3.8, 4) is 34.5 Å². The standard InChI is InChI=1S/C27H30O5.C25H38O3.C14H16O.C14H14.C13H18O5.C11H14.C10H16O4.C10H14O/c1-4-27(2,3)26(28)32-24-17-15-23(16-18-24)31-25(20-29-22-13-9-6-10-14-22)30-19-21-11-7-5-8-12-21;1-5-17(4)18-9-11-20(12-10-18)28-25(27-16(2)3)15-26-24-14-19-13-23(24)22-8-6-7-21(19)22;1-3-10(2)11-4-5-13-9-14(15)7-6-12(13)8-11;1-9-10(2)13-8-4-6-11-5-3-7-12(9)14(11)13;1-4-13(2,3)12(15)18-9-7-5-6-8(16-7)10(9)17-11(6)14;1-8-7-10-5-3-4-6-11(10)9(8)2;1-4-10(2,3)9(12)14-8-6-5-7(11)13-8;1-3-8(2)9-4-6-10(11)7-5-9/h5-18,25H,4,19-20H2,1-3H3;9-12,16-17,19,21-25H,5-8,13-15H2,1-4H3;4-10,15H,3H2,1-2H3;3-10H,1-2H3;6-10H,4-5H2,1-3H3;3-6,8-9H,7H2,1-2H3;8H,4-6H2,1-3H3;4-8,11H,3H2,1-2H3. The quantitative estimate of drug-likeness (QED) is 0.0184. The Morgan fingerprint density at radius 3 is 1.58 bits per heavy atom. The van der Waals surface area contributed by atoms with Crippen LogP contribution in [0.1, 0.15) is 315 Å². The maximum Gasteiger partial charge on any atom is 0.316 e. The lowest BCUT2D eigenvalue weighted by Crippen LogP contribution is -2.42. The summed E-state index contributed by atoms with van der Waals surface area (Å²) in [6, 6.07) is 76.4. The van der Waals surface area contributed by atoms with Gasteiger partial charge in [-0.1, -0.05) is 254 Å². The second-order valence-electron chi connectivity index (χ2n) is 42.8. The zero-order valence-electron chi connectivity index (χ0n) is 88.6. The van der Waals surface area contributed by atoms with E-state index in [1.165, 1.54) is 82.5 Å². The van der Waals surface area contributed by atoms with Gasteiger partial charge in [0.25, 0.3) is 0 Å². The Morgan fingerprint density at radius 2 is 0.986 bits per heavy atom. The molecule has 4 heterocycles. The number of hydrogen-bond donors (Lipinski definition) is 2. The average molecular weight is 1950 g/mol. The molecule has 3 saturated carbocycles. The molecule has 19 rings (SSSR count). The molecule has 19 heteroatoms. The van der Waals surface area contributed by atoms with Gasteiger partial charge >= 0.3 is 29.8 Å². The van der Waals surface area contributed by atoms with Gasteiger partial charge in [-0.25, -0.2) is 0 Å². The smallest absolute Gasteiger partial charge is 0.316 e. The van der Waals surface area contributed by atoms with E-state index in [2.05, 4.69) is 186 Å². The van der Waals surface area contributed by atoms with Gasteiger partial charge in [-0.15, -0.1) is 0 Å².